The molecule has 5 heteroatoms. The second-order valence-corrected chi connectivity index (χ2v) is 6.63. The normalized spacial score (nSPS) is 14.5. The van der Waals surface area contributed by atoms with Crippen molar-refractivity contribution in [1.82, 2.24) is 4.90 Å². The number of hydrogen-bond acceptors (Lipinski definition) is 3. The van der Waals surface area contributed by atoms with Gasteiger partial charge in [0.2, 0.25) is 11.8 Å². The third kappa shape index (κ3) is 4.97. The van der Waals surface area contributed by atoms with E-state index in [4.69, 9.17) is 4.74 Å². The molecule has 1 aliphatic rings. The Hall–Kier alpha value is -3.08. The summed E-state index contributed by atoms with van der Waals surface area (Å²) in [5.41, 5.74) is 2.95. The van der Waals surface area contributed by atoms with Gasteiger partial charge in [0, 0.05) is 38.5 Å². The van der Waals surface area contributed by atoms with Crippen LogP contribution in [0.5, 0.6) is 5.75 Å². The Bertz CT molecular complexity index is 804. The summed E-state index contributed by atoms with van der Waals surface area (Å²) in [5, 5.41) is 2.76. The van der Waals surface area contributed by atoms with Crippen LogP contribution in [0, 0.1) is 0 Å². The molecular weight excluding hydrogens is 340 g/mol. The summed E-state index contributed by atoms with van der Waals surface area (Å²) in [4.78, 5) is 24.5. The van der Waals surface area contributed by atoms with E-state index in [9.17, 15) is 9.59 Å². The molecule has 0 unspecified atom stereocenters. The highest BCUT2D eigenvalue weighted by Crippen LogP contribution is 2.25. The molecule has 0 radical (unpaired) electrons. The van der Waals surface area contributed by atoms with E-state index in [1.54, 1.807) is 4.90 Å². The van der Waals surface area contributed by atoms with Gasteiger partial charge in [0.15, 0.2) is 0 Å². The molecule has 0 aliphatic carbocycles. The molecule has 0 spiro atoms. The van der Waals surface area contributed by atoms with Crippen LogP contribution in [-0.2, 0) is 9.59 Å². The van der Waals surface area contributed by atoms with Gasteiger partial charge < -0.3 is 15.0 Å². The van der Waals surface area contributed by atoms with E-state index in [-0.39, 0.29) is 17.9 Å². The number of nitrogens with one attached hydrogen (secondary N) is 1. The fourth-order valence-electron chi connectivity index (χ4n) is 3.19. The average Bonchev–Trinajstić information content (AvgIpc) is 2.69. The summed E-state index contributed by atoms with van der Waals surface area (Å²) in [5.74, 6) is 0.744. The van der Waals surface area contributed by atoms with Gasteiger partial charge in [0.1, 0.15) is 11.9 Å². The van der Waals surface area contributed by atoms with E-state index in [2.05, 4.69) is 11.9 Å². The van der Waals surface area contributed by atoms with Crippen LogP contribution in [0.3, 0.4) is 0 Å². The van der Waals surface area contributed by atoms with Gasteiger partial charge in [-0.25, -0.2) is 0 Å². The minimum absolute atomic E-state index is 0.0117. The van der Waals surface area contributed by atoms with E-state index < -0.39 is 0 Å². The second kappa shape index (κ2) is 8.54. The van der Waals surface area contributed by atoms with E-state index in [1.165, 1.54) is 13.0 Å². The average molecular weight is 364 g/mol. The van der Waals surface area contributed by atoms with Crippen LogP contribution >= 0.6 is 0 Å². The topological polar surface area (TPSA) is 58.6 Å². The van der Waals surface area contributed by atoms with Crippen molar-refractivity contribution < 1.29 is 14.3 Å². The zero-order valence-electron chi connectivity index (χ0n) is 15.5. The highest BCUT2D eigenvalue weighted by Gasteiger charge is 2.22. The maximum atomic E-state index is 11.6. The van der Waals surface area contributed by atoms with Gasteiger partial charge in [-0.2, -0.15) is 0 Å². The Morgan fingerprint density at radius 3 is 2.11 bits per heavy atom. The Balaban J connectivity index is 1.57. The maximum absolute atomic E-state index is 11.6. The number of amides is 2. The summed E-state index contributed by atoms with van der Waals surface area (Å²) >= 11 is 0. The zero-order valence-corrected chi connectivity index (χ0v) is 15.5. The molecule has 2 aromatic carbocycles. The summed E-state index contributed by atoms with van der Waals surface area (Å²) in [7, 11) is 0. The van der Waals surface area contributed by atoms with Crippen LogP contribution < -0.4 is 10.1 Å². The highest BCUT2D eigenvalue weighted by atomic mass is 16.5. The van der Waals surface area contributed by atoms with Crippen LogP contribution in [0.25, 0.3) is 11.1 Å². The van der Waals surface area contributed by atoms with Gasteiger partial charge in [-0.05, 0) is 41.5 Å². The third-order valence-electron chi connectivity index (χ3n) is 4.62. The molecule has 0 atom stereocenters. The predicted molar refractivity (Wildman–Crippen MR) is 107 cm³/mol. The molecule has 5 nitrogen and oxygen atoms in total. The van der Waals surface area contributed by atoms with Crippen molar-refractivity contribution in [1.29, 1.82) is 0 Å². The summed E-state index contributed by atoms with van der Waals surface area (Å²) < 4.78 is 6.06. The standard InChI is InChI=1S/C22H24N2O3/c1-3-22(26)24-14-12-21(13-15-24)27-20-10-6-18(7-11-20)17-4-8-19(9-5-17)23-16(2)25/h3-11,21H,1,12-15H2,2H3,(H,23,25). The quantitative estimate of drug-likeness (QED) is 0.820. The van der Waals surface area contributed by atoms with Crippen molar-refractivity contribution in [3.8, 4) is 16.9 Å². The Morgan fingerprint density at radius 1 is 1.04 bits per heavy atom. The minimum Gasteiger partial charge on any atom is -0.490 e. The van der Waals surface area contributed by atoms with Gasteiger partial charge in [-0.15, -0.1) is 0 Å². The molecule has 3 rings (SSSR count). The number of carbonyl (C=O) groups is 2. The Labute approximate surface area is 159 Å². The lowest BCUT2D eigenvalue weighted by atomic mass is 10.0. The van der Waals surface area contributed by atoms with Gasteiger partial charge >= 0.3 is 0 Å². The first kappa shape index (κ1) is 18.7. The monoisotopic (exact) mass is 364 g/mol. The largest absolute Gasteiger partial charge is 0.490 e. The van der Waals surface area contributed by atoms with Gasteiger partial charge in [-0.1, -0.05) is 30.8 Å². The smallest absolute Gasteiger partial charge is 0.245 e. The van der Waals surface area contributed by atoms with Crippen molar-refractivity contribution in [3.63, 3.8) is 0 Å². The Kier molecular flexibility index (Phi) is 5.91. The Morgan fingerprint density at radius 2 is 1.59 bits per heavy atom. The zero-order chi connectivity index (χ0) is 19.2. The van der Waals surface area contributed by atoms with Gasteiger partial charge in [0.05, 0.1) is 0 Å². The molecule has 1 N–H and O–H groups in total. The fraction of sp³-hybridized carbons (Fsp3) is 0.273. The van der Waals surface area contributed by atoms with Crippen molar-refractivity contribution in [2.45, 2.75) is 25.9 Å². The molecule has 1 aliphatic heterocycles. The number of ether oxygens (including phenoxy) is 1. The van der Waals surface area contributed by atoms with E-state index in [0.29, 0.717) is 13.1 Å². The van der Waals surface area contributed by atoms with Crippen molar-refractivity contribution in [2.24, 2.45) is 0 Å². The van der Waals surface area contributed by atoms with Crippen molar-refractivity contribution in [3.05, 3.63) is 61.2 Å². The number of benzene rings is 2. The number of rotatable bonds is 5. The molecule has 1 saturated heterocycles. The van der Waals surface area contributed by atoms with E-state index >= 15 is 0 Å². The number of anilines is 1. The molecule has 2 aromatic rings. The van der Waals surface area contributed by atoms with Crippen molar-refractivity contribution in [2.75, 3.05) is 18.4 Å². The summed E-state index contributed by atoms with van der Waals surface area (Å²) in [6.45, 7) is 6.43. The molecular formula is C22H24N2O3. The molecule has 0 aromatic heterocycles. The van der Waals surface area contributed by atoms with Gasteiger partial charge in [-0.3, -0.25) is 9.59 Å². The van der Waals surface area contributed by atoms with Crippen LogP contribution in [-0.4, -0.2) is 35.9 Å². The van der Waals surface area contributed by atoms with Gasteiger partial charge in [0.25, 0.3) is 0 Å². The first-order valence-corrected chi connectivity index (χ1v) is 9.11. The number of nitrogens with zero attached hydrogens (tertiary/aromatic N) is 1. The van der Waals surface area contributed by atoms with Crippen LogP contribution in [0.1, 0.15) is 19.8 Å². The SMILES string of the molecule is C=CC(=O)N1CCC(Oc2ccc(-c3ccc(NC(C)=O)cc3)cc2)CC1. The van der Waals surface area contributed by atoms with Crippen LogP contribution in [0.4, 0.5) is 5.69 Å². The van der Waals surface area contributed by atoms with Crippen molar-refractivity contribution >= 4 is 17.5 Å². The van der Waals surface area contributed by atoms with Crippen LogP contribution in [0.2, 0.25) is 0 Å². The van der Waals surface area contributed by atoms with E-state index in [1.807, 2.05) is 48.5 Å². The third-order valence-corrected chi connectivity index (χ3v) is 4.62. The molecule has 0 saturated carbocycles. The molecule has 1 fully saturated rings. The lowest BCUT2D eigenvalue weighted by Crippen LogP contribution is -2.41. The highest BCUT2D eigenvalue weighted by molar-refractivity contribution is 5.89. The summed E-state index contributed by atoms with van der Waals surface area (Å²) in [6, 6.07) is 15.7. The molecule has 140 valence electrons. The van der Waals surface area contributed by atoms with Crippen LogP contribution in [0.15, 0.2) is 61.2 Å². The minimum atomic E-state index is -0.0797. The lowest BCUT2D eigenvalue weighted by molar-refractivity contribution is -0.127. The maximum Gasteiger partial charge on any atom is 0.245 e. The second-order valence-electron chi connectivity index (χ2n) is 6.63. The summed E-state index contributed by atoms with van der Waals surface area (Å²) in [6.07, 6.45) is 3.14. The predicted octanol–water partition coefficient (Wildman–Crippen LogP) is 3.87. The number of hydrogen-bond donors (Lipinski definition) is 1. The number of likely N-dealkylation sites (tertiary alicyclic amines) is 1. The molecule has 0 bridgehead atoms. The molecule has 27 heavy (non-hydrogen) atoms. The molecule has 1 heterocycles. The number of carbonyl (C=O) groups excluding carboxylic acids is 2. The fourth-order valence-corrected chi connectivity index (χ4v) is 3.19. The van der Waals surface area contributed by atoms with E-state index in [0.717, 1.165) is 35.4 Å². The lowest BCUT2D eigenvalue weighted by Gasteiger charge is -2.31. The first-order valence-electron chi connectivity index (χ1n) is 9.11. The number of piperidine rings is 1. The molecule has 2 amide bonds. The first-order chi connectivity index (χ1) is 13.0.